The lowest BCUT2D eigenvalue weighted by molar-refractivity contribution is -0.342. The molecule has 0 aliphatic carbocycles. The Kier molecular flexibility index (Phi) is 6.13. The number of carbonyl (C=O) groups excluding carboxylic acids is 1. The van der Waals surface area contributed by atoms with Crippen LogP contribution < -0.4 is 43.2 Å². The lowest BCUT2D eigenvalue weighted by Gasteiger charge is -2.07. The van der Waals surface area contributed by atoms with E-state index < -0.39 is 6.09 Å². The van der Waals surface area contributed by atoms with Crippen molar-refractivity contribution >= 4 is 23.4 Å². The van der Waals surface area contributed by atoms with E-state index in [1.807, 2.05) is 18.2 Å². The Morgan fingerprint density at radius 1 is 1.28 bits per heavy atom. The Labute approximate surface area is 151 Å². The number of fused-ring (bicyclic) bond motifs is 1. The smallest absolute Gasteiger partial charge is 0.411 e. The van der Waals surface area contributed by atoms with Gasteiger partial charge in [0, 0.05) is 6.07 Å². The highest BCUT2D eigenvalue weighted by molar-refractivity contribution is 5.87. The third-order valence-corrected chi connectivity index (χ3v) is 3.41. The minimum Gasteiger partial charge on any atom is -1.00 e. The molecule has 1 aromatic carbocycles. The third kappa shape index (κ3) is 4.57. The molecule has 0 atom stereocenters. The molecule has 1 aromatic heterocycles. The summed E-state index contributed by atoms with van der Waals surface area (Å²) in [7, 11) is 0. The van der Waals surface area contributed by atoms with Crippen molar-refractivity contribution in [1.29, 1.82) is 0 Å². The molecule has 1 amide bonds. The topological polar surface area (TPSA) is 109 Å². The summed E-state index contributed by atoms with van der Waals surface area (Å²) >= 11 is 0. The average molecular weight is 367 g/mol. The molecule has 3 rings (SSSR count). The van der Waals surface area contributed by atoms with Crippen molar-refractivity contribution in [2.75, 3.05) is 29.8 Å². The van der Waals surface area contributed by atoms with E-state index in [0.29, 0.717) is 24.7 Å². The van der Waals surface area contributed by atoms with E-state index in [1.165, 1.54) is 0 Å². The molecule has 1 aliphatic rings. The summed E-state index contributed by atoms with van der Waals surface area (Å²) in [5, 5.41) is 5.79. The molecule has 0 bridgehead atoms. The molecule has 25 heavy (non-hydrogen) atoms. The average Bonchev–Trinajstić information content (AvgIpc) is 3.03. The molecule has 9 heteroatoms. The van der Waals surface area contributed by atoms with Gasteiger partial charge in [-0.15, -0.1) is 0 Å². The van der Waals surface area contributed by atoms with E-state index in [0.717, 1.165) is 22.9 Å². The van der Waals surface area contributed by atoms with Gasteiger partial charge < -0.3 is 37.7 Å². The number of ether oxygens (including phenoxy) is 3. The van der Waals surface area contributed by atoms with E-state index in [4.69, 9.17) is 19.9 Å². The van der Waals surface area contributed by atoms with Crippen molar-refractivity contribution in [3.8, 4) is 11.5 Å². The summed E-state index contributed by atoms with van der Waals surface area (Å²) in [5.74, 6) is 2.55. The Morgan fingerprint density at radius 3 is 2.84 bits per heavy atom. The van der Waals surface area contributed by atoms with Crippen LogP contribution in [-0.4, -0.2) is 19.5 Å². The second-order valence-electron chi connectivity index (χ2n) is 5.09. The van der Waals surface area contributed by atoms with Crippen molar-refractivity contribution in [2.24, 2.45) is 0 Å². The van der Waals surface area contributed by atoms with Crippen molar-refractivity contribution in [3.63, 3.8) is 0 Å². The summed E-state index contributed by atoms with van der Waals surface area (Å²) in [5.41, 5.74) is 7.41. The van der Waals surface area contributed by atoms with E-state index in [9.17, 15) is 4.79 Å². The van der Waals surface area contributed by atoms with Gasteiger partial charge in [0.15, 0.2) is 11.5 Å². The number of hydrogen-bond donors (Lipinski definition) is 3. The molecule has 1 aliphatic heterocycles. The number of pyridine rings is 1. The Bertz CT molecular complexity index is 757. The molecule has 5 N–H and O–H groups in total. The van der Waals surface area contributed by atoms with Crippen LogP contribution in [0.2, 0.25) is 0 Å². The zero-order chi connectivity index (χ0) is 16.9. The quantitative estimate of drug-likeness (QED) is 0.626. The van der Waals surface area contributed by atoms with Crippen LogP contribution in [0.3, 0.4) is 0 Å². The standard InChI is InChI=1S/C16H18N4O4.ClH/c1-2-22-16(21)19-11-4-6-14(20-15(11)17)18-8-10-3-5-12-13(7-10)24-9-23-12;/h3-7H,2,8-9H2,1H3,(H,19,21)(H3,17,18,20);1H. The van der Waals surface area contributed by atoms with Crippen LogP contribution in [0.1, 0.15) is 12.5 Å². The van der Waals surface area contributed by atoms with Crippen molar-refractivity contribution in [3.05, 3.63) is 35.9 Å². The number of carbonyl (C=O) groups is 1. The summed E-state index contributed by atoms with van der Waals surface area (Å²) in [6.07, 6.45) is -0.543. The number of halogens is 1. The number of benzene rings is 1. The number of amides is 1. The summed E-state index contributed by atoms with van der Waals surface area (Å²) in [4.78, 5) is 14.4. The normalized spacial score (nSPS) is 11.4. The minimum absolute atomic E-state index is 0. The Balaban J connectivity index is 0.00000225. The maximum absolute atomic E-state index is 11.4. The fourth-order valence-corrected chi connectivity index (χ4v) is 2.25. The third-order valence-electron chi connectivity index (χ3n) is 3.41. The fourth-order valence-electron chi connectivity index (χ4n) is 2.25. The lowest BCUT2D eigenvalue weighted by Crippen LogP contribution is -3.00. The highest BCUT2D eigenvalue weighted by atomic mass is 35.5. The maximum Gasteiger partial charge on any atom is 0.411 e. The van der Waals surface area contributed by atoms with Gasteiger partial charge in [-0.2, -0.15) is 0 Å². The summed E-state index contributed by atoms with van der Waals surface area (Å²) < 4.78 is 15.5. The number of hydrogen-bond acceptors (Lipinski definition) is 6. The first kappa shape index (κ1) is 18.5. The lowest BCUT2D eigenvalue weighted by atomic mass is 10.2. The summed E-state index contributed by atoms with van der Waals surface area (Å²) in [6, 6.07) is 9.25. The Morgan fingerprint density at radius 2 is 2.08 bits per heavy atom. The molecule has 0 saturated carbocycles. The number of rotatable bonds is 5. The van der Waals surface area contributed by atoms with E-state index in [2.05, 4.69) is 15.6 Å². The molecule has 134 valence electrons. The fraction of sp³-hybridized carbons (Fsp3) is 0.250. The molecular formula is C16H19ClN4O4. The zero-order valence-corrected chi connectivity index (χ0v) is 14.4. The van der Waals surface area contributed by atoms with Gasteiger partial charge in [0.25, 0.3) is 0 Å². The Hall–Kier alpha value is -2.87. The zero-order valence-electron chi connectivity index (χ0n) is 13.6. The number of nitrogens with two attached hydrogens (primary N) is 1. The molecular weight excluding hydrogens is 348 g/mol. The first-order chi connectivity index (χ1) is 11.7. The molecule has 2 aromatic rings. The number of nitrogen functional groups attached to an aromatic ring is 1. The molecule has 2 heterocycles. The molecule has 0 radical (unpaired) electrons. The molecule has 0 saturated heterocycles. The van der Waals surface area contributed by atoms with Crippen LogP contribution in [0.25, 0.3) is 0 Å². The SMILES string of the molecule is CCOC(=O)Nc1ccc(NCc2ccc3c(c2)OCO3)[nH+]c1N.[Cl-]. The predicted molar refractivity (Wildman–Crippen MR) is 87.9 cm³/mol. The van der Waals surface area contributed by atoms with Gasteiger partial charge in [-0.3, -0.25) is 5.32 Å². The number of anilines is 3. The van der Waals surface area contributed by atoms with Gasteiger partial charge in [0.05, 0.1) is 13.2 Å². The molecule has 8 nitrogen and oxygen atoms in total. The van der Waals surface area contributed by atoms with E-state index >= 15 is 0 Å². The van der Waals surface area contributed by atoms with Gasteiger partial charge in [0.1, 0.15) is 5.69 Å². The van der Waals surface area contributed by atoms with Gasteiger partial charge in [-0.1, -0.05) is 6.07 Å². The van der Waals surface area contributed by atoms with Crippen LogP contribution in [0.15, 0.2) is 30.3 Å². The first-order valence-corrected chi connectivity index (χ1v) is 7.53. The van der Waals surface area contributed by atoms with Gasteiger partial charge in [0.2, 0.25) is 18.4 Å². The number of nitrogens with one attached hydrogen (secondary N) is 3. The van der Waals surface area contributed by atoms with Crippen molar-refractivity contribution in [1.82, 2.24) is 0 Å². The van der Waals surface area contributed by atoms with E-state index in [1.54, 1.807) is 19.1 Å². The largest absolute Gasteiger partial charge is 1.00 e. The first-order valence-electron chi connectivity index (χ1n) is 7.53. The van der Waals surface area contributed by atoms with Gasteiger partial charge in [-0.05, 0) is 30.7 Å². The van der Waals surface area contributed by atoms with Crippen LogP contribution in [0.4, 0.5) is 22.1 Å². The van der Waals surface area contributed by atoms with Crippen LogP contribution in [0.5, 0.6) is 11.5 Å². The second kappa shape index (κ2) is 8.29. The maximum atomic E-state index is 11.4. The molecule has 0 spiro atoms. The van der Waals surface area contributed by atoms with Gasteiger partial charge in [-0.25, -0.2) is 9.78 Å². The van der Waals surface area contributed by atoms with E-state index in [-0.39, 0.29) is 19.2 Å². The number of aromatic nitrogens is 1. The number of aromatic amines is 1. The second-order valence-corrected chi connectivity index (χ2v) is 5.09. The van der Waals surface area contributed by atoms with Crippen LogP contribution in [-0.2, 0) is 11.3 Å². The highest BCUT2D eigenvalue weighted by Gasteiger charge is 2.14. The summed E-state index contributed by atoms with van der Waals surface area (Å²) in [6.45, 7) is 2.87. The van der Waals surface area contributed by atoms with Gasteiger partial charge >= 0.3 is 6.09 Å². The molecule has 0 unspecified atom stereocenters. The number of H-pyrrole nitrogens is 1. The minimum atomic E-state index is -0.543. The highest BCUT2D eigenvalue weighted by Crippen LogP contribution is 2.32. The monoisotopic (exact) mass is 366 g/mol. The van der Waals surface area contributed by atoms with Crippen LogP contribution >= 0.6 is 0 Å². The van der Waals surface area contributed by atoms with Crippen molar-refractivity contribution in [2.45, 2.75) is 13.5 Å². The van der Waals surface area contributed by atoms with Crippen LogP contribution in [0, 0.1) is 0 Å². The van der Waals surface area contributed by atoms with Crippen molar-refractivity contribution < 1.29 is 36.4 Å². The predicted octanol–water partition coefficient (Wildman–Crippen LogP) is -1.00. The molecule has 0 fully saturated rings.